The summed E-state index contributed by atoms with van der Waals surface area (Å²) >= 11 is 3.38. The highest BCUT2D eigenvalue weighted by atomic mass is 32.2. The van der Waals surface area contributed by atoms with E-state index in [0.717, 1.165) is 17.1 Å². The Morgan fingerprint density at radius 1 is 1.45 bits per heavy atom. The molecule has 3 rings (SSSR count). The lowest BCUT2D eigenvalue weighted by molar-refractivity contribution is 0.539. The summed E-state index contributed by atoms with van der Waals surface area (Å²) in [5.41, 5.74) is 5.19. The predicted molar refractivity (Wildman–Crippen MR) is 85.1 cm³/mol. The molecule has 0 saturated carbocycles. The van der Waals surface area contributed by atoms with Crippen LogP contribution in [0.2, 0.25) is 0 Å². The number of nitrogens with one attached hydrogen (secondary N) is 1. The van der Waals surface area contributed by atoms with Crippen molar-refractivity contribution in [2.75, 3.05) is 6.26 Å². The summed E-state index contributed by atoms with van der Waals surface area (Å²) in [7, 11) is 0. The van der Waals surface area contributed by atoms with E-state index in [2.05, 4.69) is 41.1 Å². The molecule has 3 aromatic rings. The number of aromatic nitrogens is 2. The first-order valence-electron chi connectivity index (χ1n) is 6.32. The molecule has 1 atom stereocenters. The number of fused-ring (bicyclic) bond motifs is 1. The van der Waals surface area contributed by atoms with E-state index in [1.807, 2.05) is 22.0 Å². The maximum Gasteiger partial charge on any atom is 0.193 e. The zero-order valence-corrected chi connectivity index (χ0v) is 12.7. The van der Waals surface area contributed by atoms with E-state index in [1.165, 1.54) is 10.5 Å². The van der Waals surface area contributed by atoms with Crippen LogP contribution in [0.25, 0.3) is 4.96 Å². The van der Waals surface area contributed by atoms with Crippen LogP contribution in [0.1, 0.15) is 17.3 Å². The molecule has 0 radical (unpaired) electrons. The Hall–Kier alpha value is -1.34. The summed E-state index contributed by atoms with van der Waals surface area (Å²) in [6, 6.07) is 8.41. The number of nitrogens with two attached hydrogens (primary N) is 1. The summed E-state index contributed by atoms with van der Waals surface area (Å²) in [6.07, 6.45) is 6.95. The summed E-state index contributed by atoms with van der Waals surface area (Å²) in [5.74, 6) is 5.75. The molecule has 6 heteroatoms. The molecule has 20 heavy (non-hydrogen) atoms. The Morgan fingerprint density at radius 2 is 2.30 bits per heavy atom. The molecule has 1 unspecified atom stereocenters. The number of nitrogens with zero attached hydrogens (tertiary/aromatic N) is 2. The minimum atomic E-state index is 0.0725. The molecule has 0 bridgehead atoms. The number of benzene rings is 1. The van der Waals surface area contributed by atoms with Gasteiger partial charge in [-0.15, -0.1) is 23.1 Å². The van der Waals surface area contributed by atoms with Crippen LogP contribution in [-0.4, -0.2) is 15.6 Å². The van der Waals surface area contributed by atoms with Crippen LogP contribution in [0.4, 0.5) is 0 Å². The van der Waals surface area contributed by atoms with Crippen molar-refractivity contribution in [3.8, 4) is 0 Å². The zero-order valence-electron chi connectivity index (χ0n) is 11.1. The van der Waals surface area contributed by atoms with Crippen LogP contribution in [0.3, 0.4) is 0 Å². The van der Waals surface area contributed by atoms with Gasteiger partial charge in [-0.25, -0.2) is 4.98 Å². The second kappa shape index (κ2) is 5.97. The standard InChI is InChI=1S/C14H16N4S2/c1-19-13-5-3-2-4-11(13)12(17-15)8-10-9-18-6-7-20-14(18)16-10/h2-7,9,12,17H,8,15H2,1H3. The Bertz CT molecular complexity index is 675. The molecule has 0 fully saturated rings. The normalized spacial score (nSPS) is 12.9. The van der Waals surface area contributed by atoms with Gasteiger partial charge in [0.1, 0.15) is 0 Å². The molecule has 2 heterocycles. The van der Waals surface area contributed by atoms with E-state index in [1.54, 1.807) is 23.1 Å². The monoisotopic (exact) mass is 304 g/mol. The second-order valence-corrected chi connectivity index (χ2v) is 6.21. The maximum absolute atomic E-state index is 5.75. The van der Waals surface area contributed by atoms with E-state index < -0.39 is 0 Å². The fourth-order valence-electron chi connectivity index (χ4n) is 2.30. The quantitative estimate of drug-likeness (QED) is 0.432. The third-order valence-corrected chi connectivity index (χ3v) is 4.85. The molecule has 0 aliphatic rings. The van der Waals surface area contributed by atoms with Crippen LogP contribution in [0.5, 0.6) is 0 Å². The summed E-state index contributed by atoms with van der Waals surface area (Å²) in [4.78, 5) is 6.89. The minimum absolute atomic E-state index is 0.0725. The first-order valence-corrected chi connectivity index (χ1v) is 8.42. The summed E-state index contributed by atoms with van der Waals surface area (Å²) < 4.78 is 2.05. The Morgan fingerprint density at radius 3 is 3.05 bits per heavy atom. The number of hydrogen-bond donors (Lipinski definition) is 2. The zero-order chi connectivity index (χ0) is 13.9. The largest absolute Gasteiger partial charge is 0.297 e. The highest BCUT2D eigenvalue weighted by Gasteiger charge is 2.16. The molecule has 2 aromatic heterocycles. The SMILES string of the molecule is CSc1ccccc1C(Cc1cn2ccsc2n1)NN. The Kier molecular flexibility index (Phi) is 4.07. The molecule has 0 aliphatic carbocycles. The number of thiazole rings is 1. The fourth-order valence-corrected chi connectivity index (χ4v) is 3.68. The summed E-state index contributed by atoms with van der Waals surface area (Å²) in [6.45, 7) is 0. The molecule has 3 N–H and O–H groups in total. The molecular formula is C14H16N4S2. The lowest BCUT2D eigenvalue weighted by atomic mass is 10.0. The van der Waals surface area contributed by atoms with E-state index >= 15 is 0 Å². The third kappa shape index (κ3) is 2.60. The van der Waals surface area contributed by atoms with Crippen LogP contribution in [0.15, 0.2) is 46.9 Å². The van der Waals surface area contributed by atoms with Crippen molar-refractivity contribution < 1.29 is 0 Å². The maximum atomic E-state index is 5.75. The van der Waals surface area contributed by atoms with Gasteiger partial charge in [-0.05, 0) is 17.9 Å². The van der Waals surface area contributed by atoms with E-state index in [0.29, 0.717) is 0 Å². The highest BCUT2D eigenvalue weighted by molar-refractivity contribution is 7.98. The van der Waals surface area contributed by atoms with Crippen molar-refractivity contribution in [2.24, 2.45) is 5.84 Å². The van der Waals surface area contributed by atoms with Crippen LogP contribution in [0, 0.1) is 0 Å². The van der Waals surface area contributed by atoms with Crippen molar-refractivity contribution in [2.45, 2.75) is 17.4 Å². The lowest BCUT2D eigenvalue weighted by Crippen LogP contribution is -2.30. The lowest BCUT2D eigenvalue weighted by Gasteiger charge is -2.18. The summed E-state index contributed by atoms with van der Waals surface area (Å²) in [5, 5.41) is 2.04. The fraction of sp³-hybridized carbons (Fsp3) is 0.214. The van der Waals surface area contributed by atoms with Crippen molar-refractivity contribution in [1.29, 1.82) is 0 Å². The topological polar surface area (TPSA) is 55.3 Å². The number of imidazole rings is 1. The van der Waals surface area contributed by atoms with Gasteiger partial charge in [-0.2, -0.15) is 0 Å². The Balaban J connectivity index is 1.88. The third-order valence-electron chi connectivity index (χ3n) is 3.27. The number of hydrogen-bond acceptors (Lipinski definition) is 5. The number of thioether (sulfide) groups is 1. The average Bonchev–Trinajstić information content (AvgIpc) is 3.05. The first kappa shape index (κ1) is 13.6. The van der Waals surface area contributed by atoms with E-state index in [-0.39, 0.29) is 6.04 Å². The van der Waals surface area contributed by atoms with Gasteiger partial charge < -0.3 is 0 Å². The molecule has 0 amide bonds. The Labute approximate surface area is 126 Å². The van der Waals surface area contributed by atoms with Crippen LogP contribution >= 0.6 is 23.1 Å². The first-order chi connectivity index (χ1) is 9.81. The molecule has 4 nitrogen and oxygen atoms in total. The van der Waals surface area contributed by atoms with E-state index in [4.69, 9.17) is 5.84 Å². The van der Waals surface area contributed by atoms with E-state index in [9.17, 15) is 0 Å². The minimum Gasteiger partial charge on any atom is -0.297 e. The molecule has 0 aliphatic heterocycles. The molecule has 1 aromatic carbocycles. The van der Waals surface area contributed by atoms with Crippen molar-refractivity contribution >= 4 is 28.1 Å². The number of hydrazine groups is 1. The van der Waals surface area contributed by atoms with Gasteiger partial charge in [0.2, 0.25) is 0 Å². The molecule has 0 spiro atoms. The van der Waals surface area contributed by atoms with Gasteiger partial charge >= 0.3 is 0 Å². The van der Waals surface area contributed by atoms with Gasteiger partial charge in [-0.3, -0.25) is 15.7 Å². The second-order valence-electron chi connectivity index (χ2n) is 4.49. The molecule has 0 saturated heterocycles. The van der Waals surface area contributed by atoms with Crippen LogP contribution in [-0.2, 0) is 6.42 Å². The highest BCUT2D eigenvalue weighted by Crippen LogP contribution is 2.27. The molecule has 104 valence electrons. The van der Waals surface area contributed by atoms with Crippen molar-refractivity contribution in [3.63, 3.8) is 0 Å². The number of rotatable bonds is 5. The van der Waals surface area contributed by atoms with Crippen LogP contribution < -0.4 is 11.3 Å². The van der Waals surface area contributed by atoms with Crippen molar-refractivity contribution in [3.05, 3.63) is 53.3 Å². The predicted octanol–water partition coefficient (Wildman–Crippen LogP) is 2.86. The van der Waals surface area contributed by atoms with Gasteiger partial charge in [0.15, 0.2) is 4.96 Å². The van der Waals surface area contributed by atoms with Gasteiger partial charge in [0.05, 0.1) is 11.7 Å². The smallest absolute Gasteiger partial charge is 0.193 e. The molecular weight excluding hydrogens is 288 g/mol. The van der Waals surface area contributed by atoms with Gasteiger partial charge in [-0.1, -0.05) is 18.2 Å². The average molecular weight is 304 g/mol. The van der Waals surface area contributed by atoms with Crippen molar-refractivity contribution in [1.82, 2.24) is 14.8 Å². The van der Waals surface area contributed by atoms with Gasteiger partial charge in [0.25, 0.3) is 0 Å². The van der Waals surface area contributed by atoms with Gasteiger partial charge in [0, 0.05) is 29.1 Å².